The third-order valence-corrected chi connectivity index (χ3v) is 3.00. The molecule has 0 radical (unpaired) electrons. The SMILES string of the molecule is O=c1oc2cc(OCC(F)(F)F)ccc2c2ccccc12. The van der Waals surface area contributed by atoms with Crippen molar-refractivity contribution >= 4 is 21.7 Å². The van der Waals surface area contributed by atoms with Gasteiger partial charge in [-0.05, 0) is 23.6 Å². The van der Waals surface area contributed by atoms with Crippen molar-refractivity contribution in [3.63, 3.8) is 0 Å². The minimum absolute atomic E-state index is 0.00161. The van der Waals surface area contributed by atoms with Crippen LogP contribution in [0.25, 0.3) is 21.7 Å². The maximum atomic E-state index is 12.1. The zero-order valence-corrected chi connectivity index (χ0v) is 10.6. The van der Waals surface area contributed by atoms with Crippen molar-refractivity contribution in [1.29, 1.82) is 0 Å². The Hall–Kier alpha value is -2.50. The Labute approximate surface area is 116 Å². The summed E-state index contributed by atoms with van der Waals surface area (Å²) in [7, 11) is 0. The predicted molar refractivity (Wildman–Crippen MR) is 71.5 cm³/mol. The number of alkyl halides is 3. The summed E-state index contributed by atoms with van der Waals surface area (Å²) < 4.78 is 46.2. The molecule has 0 spiro atoms. The third-order valence-electron chi connectivity index (χ3n) is 3.00. The molecule has 1 heterocycles. The number of fused-ring (bicyclic) bond motifs is 3. The first-order valence-electron chi connectivity index (χ1n) is 6.09. The van der Waals surface area contributed by atoms with Crippen molar-refractivity contribution < 1.29 is 22.3 Å². The van der Waals surface area contributed by atoms with Gasteiger partial charge in [-0.25, -0.2) is 4.79 Å². The summed E-state index contributed by atoms with van der Waals surface area (Å²) >= 11 is 0. The van der Waals surface area contributed by atoms with Gasteiger partial charge in [0.25, 0.3) is 0 Å². The Balaban J connectivity index is 2.10. The fourth-order valence-electron chi connectivity index (χ4n) is 2.12. The smallest absolute Gasteiger partial charge is 0.422 e. The van der Waals surface area contributed by atoms with E-state index in [2.05, 4.69) is 4.74 Å². The molecule has 3 rings (SSSR count). The van der Waals surface area contributed by atoms with Crippen molar-refractivity contribution in [2.45, 2.75) is 6.18 Å². The van der Waals surface area contributed by atoms with Gasteiger partial charge in [0.05, 0.1) is 5.39 Å². The molecule has 0 aliphatic rings. The van der Waals surface area contributed by atoms with Crippen LogP contribution in [0.2, 0.25) is 0 Å². The molecule has 0 saturated carbocycles. The van der Waals surface area contributed by atoms with Gasteiger partial charge in [-0.2, -0.15) is 13.2 Å². The summed E-state index contributed by atoms with van der Waals surface area (Å²) in [6.07, 6.45) is -4.42. The molecule has 0 N–H and O–H groups in total. The van der Waals surface area contributed by atoms with Crippen LogP contribution in [-0.4, -0.2) is 12.8 Å². The summed E-state index contributed by atoms with van der Waals surface area (Å²) in [5, 5.41) is 1.75. The van der Waals surface area contributed by atoms with Crippen LogP contribution in [0, 0.1) is 0 Å². The lowest BCUT2D eigenvalue weighted by atomic mass is 10.1. The molecule has 0 atom stereocenters. The van der Waals surface area contributed by atoms with E-state index in [-0.39, 0.29) is 11.3 Å². The van der Waals surface area contributed by atoms with E-state index in [4.69, 9.17) is 4.42 Å². The first-order valence-corrected chi connectivity index (χ1v) is 6.09. The average molecular weight is 294 g/mol. The number of hydrogen-bond donors (Lipinski definition) is 0. The molecule has 3 nitrogen and oxygen atoms in total. The van der Waals surface area contributed by atoms with Gasteiger partial charge in [0.2, 0.25) is 0 Å². The van der Waals surface area contributed by atoms with Crippen molar-refractivity contribution in [3.05, 3.63) is 52.9 Å². The maximum absolute atomic E-state index is 12.1. The van der Waals surface area contributed by atoms with E-state index < -0.39 is 18.4 Å². The van der Waals surface area contributed by atoms with Gasteiger partial charge in [0.1, 0.15) is 11.3 Å². The number of benzene rings is 2. The monoisotopic (exact) mass is 294 g/mol. The van der Waals surface area contributed by atoms with E-state index in [1.807, 2.05) is 0 Å². The first kappa shape index (κ1) is 13.5. The molecule has 6 heteroatoms. The van der Waals surface area contributed by atoms with Crippen LogP contribution < -0.4 is 10.4 Å². The van der Waals surface area contributed by atoms with Crippen molar-refractivity contribution in [1.82, 2.24) is 0 Å². The maximum Gasteiger partial charge on any atom is 0.422 e. The molecule has 108 valence electrons. The largest absolute Gasteiger partial charge is 0.484 e. The third kappa shape index (κ3) is 2.69. The number of rotatable bonds is 2. The summed E-state index contributed by atoms with van der Waals surface area (Å²) in [4.78, 5) is 11.8. The van der Waals surface area contributed by atoms with E-state index in [1.165, 1.54) is 12.1 Å². The van der Waals surface area contributed by atoms with E-state index in [0.29, 0.717) is 16.2 Å². The normalized spacial score (nSPS) is 12.0. The van der Waals surface area contributed by atoms with Crippen LogP contribution >= 0.6 is 0 Å². The van der Waals surface area contributed by atoms with E-state index in [9.17, 15) is 18.0 Å². The molecule has 0 bridgehead atoms. The lowest BCUT2D eigenvalue weighted by molar-refractivity contribution is -0.153. The van der Waals surface area contributed by atoms with Gasteiger partial charge >= 0.3 is 11.8 Å². The number of hydrogen-bond acceptors (Lipinski definition) is 3. The summed E-state index contributed by atoms with van der Waals surface area (Å²) in [6, 6.07) is 11.2. The fourth-order valence-corrected chi connectivity index (χ4v) is 2.12. The average Bonchev–Trinajstić information content (AvgIpc) is 2.44. The van der Waals surface area contributed by atoms with Crippen molar-refractivity contribution in [3.8, 4) is 5.75 Å². The van der Waals surface area contributed by atoms with Crippen LogP contribution in [0.1, 0.15) is 0 Å². The molecular formula is C15H9F3O3. The summed E-state index contributed by atoms with van der Waals surface area (Å²) in [5.74, 6) is -0.00161. The number of halogens is 3. The van der Waals surface area contributed by atoms with Crippen LogP contribution in [0.15, 0.2) is 51.7 Å². The van der Waals surface area contributed by atoms with Crippen molar-refractivity contribution in [2.24, 2.45) is 0 Å². The topological polar surface area (TPSA) is 39.4 Å². The van der Waals surface area contributed by atoms with E-state index in [1.54, 1.807) is 30.3 Å². The highest BCUT2D eigenvalue weighted by molar-refractivity contribution is 6.04. The second-order valence-electron chi connectivity index (χ2n) is 4.50. The highest BCUT2D eigenvalue weighted by Crippen LogP contribution is 2.27. The minimum atomic E-state index is -4.42. The van der Waals surface area contributed by atoms with Gasteiger partial charge in [-0.15, -0.1) is 0 Å². The highest BCUT2D eigenvalue weighted by atomic mass is 19.4. The molecule has 0 saturated heterocycles. The Kier molecular flexibility index (Phi) is 3.08. The first-order chi connectivity index (χ1) is 9.94. The quantitative estimate of drug-likeness (QED) is 0.532. The second kappa shape index (κ2) is 4.80. The molecule has 0 fully saturated rings. The molecule has 0 aliphatic carbocycles. The molecule has 0 aliphatic heterocycles. The van der Waals surface area contributed by atoms with Crippen LogP contribution in [0.4, 0.5) is 13.2 Å². The van der Waals surface area contributed by atoms with Gasteiger partial charge in [0.15, 0.2) is 6.61 Å². The zero-order valence-electron chi connectivity index (χ0n) is 10.6. The molecule has 0 unspecified atom stereocenters. The summed E-state index contributed by atoms with van der Waals surface area (Å²) in [5.41, 5.74) is -0.343. The molecule has 1 aromatic heterocycles. The Morgan fingerprint density at radius 3 is 2.43 bits per heavy atom. The van der Waals surface area contributed by atoms with E-state index in [0.717, 1.165) is 0 Å². The van der Waals surface area contributed by atoms with Gasteiger partial charge in [-0.1, -0.05) is 18.2 Å². The van der Waals surface area contributed by atoms with Crippen LogP contribution in [0.3, 0.4) is 0 Å². The Bertz CT molecular complexity index is 865. The second-order valence-corrected chi connectivity index (χ2v) is 4.50. The fraction of sp³-hybridized carbons (Fsp3) is 0.133. The minimum Gasteiger partial charge on any atom is -0.484 e. The molecular weight excluding hydrogens is 285 g/mol. The Morgan fingerprint density at radius 1 is 1.00 bits per heavy atom. The number of ether oxygens (including phenoxy) is 1. The van der Waals surface area contributed by atoms with Gasteiger partial charge < -0.3 is 9.15 Å². The predicted octanol–water partition coefficient (Wildman–Crippen LogP) is 3.89. The lowest BCUT2D eigenvalue weighted by Crippen LogP contribution is -2.19. The van der Waals surface area contributed by atoms with E-state index >= 15 is 0 Å². The Morgan fingerprint density at radius 2 is 1.71 bits per heavy atom. The van der Waals surface area contributed by atoms with Crippen LogP contribution in [-0.2, 0) is 0 Å². The van der Waals surface area contributed by atoms with Gasteiger partial charge in [0, 0.05) is 11.5 Å². The van der Waals surface area contributed by atoms with Crippen LogP contribution in [0.5, 0.6) is 5.75 Å². The molecule has 21 heavy (non-hydrogen) atoms. The molecule has 3 aromatic rings. The highest BCUT2D eigenvalue weighted by Gasteiger charge is 2.28. The summed E-state index contributed by atoms with van der Waals surface area (Å²) in [6.45, 7) is -1.39. The van der Waals surface area contributed by atoms with Gasteiger partial charge in [-0.3, -0.25) is 0 Å². The zero-order chi connectivity index (χ0) is 15.0. The molecule has 2 aromatic carbocycles. The van der Waals surface area contributed by atoms with Crippen molar-refractivity contribution in [2.75, 3.05) is 6.61 Å². The standard InChI is InChI=1S/C15H9F3O3/c16-15(17,18)8-20-9-5-6-11-10-3-1-2-4-12(10)14(19)21-13(11)7-9/h1-7H,8H2. The molecule has 0 amide bonds. The lowest BCUT2D eigenvalue weighted by Gasteiger charge is -2.09.